The molecule has 1 aliphatic heterocycles. The summed E-state index contributed by atoms with van der Waals surface area (Å²) in [7, 11) is -3.68. The normalized spacial score (nSPS) is 15.6. The molecule has 3 rings (SSSR count). The second-order valence-corrected chi connectivity index (χ2v) is 9.68. The van der Waals surface area contributed by atoms with Crippen molar-refractivity contribution >= 4 is 39.2 Å². The van der Waals surface area contributed by atoms with Gasteiger partial charge in [-0.05, 0) is 50.1 Å². The number of benzene rings is 2. The fraction of sp³-hybridized carbons (Fsp3) is 0.364. The fourth-order valence-electron chi connectivity index (χ4n) is 3.21. The number of ether oxygens (including phenoxy) is 2. The minimum Gasteiger partial charge on any atom is -0.479 e. The number of esters is 1. The second-order valence-electron chi connectivity index (χ2n) is 7.34. The van der Waals surface area contributed by atoms with Crippen LogP contribution in [-0.2, 0) is 24.3 Å². The number of piperidine rings is 1. The Kier molecular flexibility index (Phi) is 8.11. The molecule has 0 aromatic heterocycles. The summed E-state index contributed by atoms with van der Waals surface area (Å²) in [5.41, 5.74) is 0.124. The van der Waals surface area contributed by atoms with Gasteiger partial charge in [-0.2, -0.15) is 4.31 Å². The van der Waals surface area contributed by atoms with E-state index in [9.17, 15) is 18.0 Å². The Balaban J connectivity index is 1.58. The monoisotopic (exact) mass is 480 g/mol. The molecule has 32 heavy (non-hydrogen) atoms. The van der Waals surface area contributed by atoms with E-state index in [1.54, 1.807) is 24.3 Å². The maximum atomic E-state index is 12.9. The van der Waals surface area contributed by atoms with Crippen LogP contribution in [0.5, 0.6) is 5.75 Å². The molecule has 1 unspecified atom stereocenters. The number of hydrogen-bond acceptors (Lipinski definition) is 6. The summed E-state index contributed by atoms with van der Waals surface area (Å²) in [6.45, 7) is 1.87. The van der Waals surface area contributed by atoms with Crippen molar-refractivity contribution in [3.05, 3.63) is 53.6 Å². The quantitative estimate of drug-likeness (QED) is 0.580. The number of para-hydroxylation sites is 1. The van der Waals surface area contributed by atoms with Crippen molar-refractivity contribution < 1.29 is 27.5 Å². The minimum absolute atomic E-state index is 0.0426. The zero-order valence-electron chi connectivity index (χ0n) is 17.6. The first-order chi connectivity index (χ1) is 15.3. The summed E-state index contributed by atoms with van der Waals surface area (Å²) in [6, 6.07) is 12.9. The van der Waals surface area contributed by atoms with Crippen molar-refractivity contribution in [2.45, 2.75) is 37.2 Å². The molecule has 1 aliphatic rings. The van der Waals surface area contributed by atoms with Crippen LogP contribution in [0.3, 0.4) is 0 Å². The molecule has 2 aromatic rings. The highest BCUT2D eigenvalue weighted by molar-refractivity contribution is 7.89. The molecular weight excluding hydrogens is 456 g/mol. The van der Waals surface area contributed by atoms with Gasteiger partial charge in [0.2, 0.25) is 10.0 Å². The van der Waals surface area contributed by atoms with Gasteiger partial charge in [-0.25, -0.2) is 13.2 Å². The Bertz CT molecular complexity index is 1060. The average molecular weight is 481 g/mol. The van der Waals surface area contributed by atoms with Crippen molar-refractivity contribution in [1.29, 1.82) is 0 Å². The molecule has 2 aromatic carbocycles. The number of halogens is 1. The highest BCUT2D eigenvalue weighted by Crippen LogP contribution is 2.28. The number of rotatable bonds is 8. The van der Waals surface area contributed by atoms with E-state index in [-0.39, 0.29) is 15.6 Å². The van der Waals surface area contributed by atoms with Gasteiger partial charge < -0.3 is 14.8 Å². The van der Waals surface area contributed by atoms with Gasteiger partial charge in [0.25, 0.3) is 5.91 Å². The van der Waals surface area contributed by atoms with Crippen molar-refractivity contribution in [3.63, 3.8) is 0 Å². The molecule has 10 heteroatoms. The minimum atomic E-state index is -3.68. The fourth-order valence-corrected chi connectivity index (χ4v) is 4.92. The standard InChI is InChI=1S/C22H25ClN2O6S/c1-16(31-17-8-4-2-5-9-17)22(27)30-15-21(26)24-20-14-18(10-11-19(20)23)32(28,29)25-12-6-3-7-13-25/h2,4-5,8-11,14,16H,3,6-7,12-13,15H2,1H3,(H,24,26). The van der Waals surface area contributed by atoms with Gasteiger partial charge in [0.15, 0.2) is 12.7 Å². The van der Waals surface area contributed by atoms with Crippen LogP contribution >= 0.6 is 11.6 Å². The maximum absolute atomic E-state index is 12.9. The molecule has 0 aliphatic carbocycles. The first kappa shape index (κ1) is 24.0. The molecule has 1 amide bonds. The van der Waals surface area contributed by atoms with Crippen LogP contribution < -0.4 is 10.1 Å². The summed E-state index contributed by atoms with van der Waals surface area (Å²) in [6.07, 6.45) is 1.72. The molecular formula is C22H25ClN2O6S. The lowest BCUT2D eigenvalue weighted by Crippen LogP contribution is -2.35. The van der Waals surface area contributed by atoms with Crippen LogP contribution in [0.4, 0.5) is 5.69 Å². The first-order valence-electron chi connectivity index (χ1n) is 10.3. The highest BCUT2D eigenvalue weighted by atomic mass is 35.5. The van der Waals surface area contributed by atoms with Crippen LogP contribution in [0.25, 0.3) is 0 Å². The number of nitrogens with zero attached hydrogens (tertiary/aromatic N) is 1. The molecule has 0 spiro atoms. The predicted molar refractivity (Wildman–Crippen MR) is 120 cm³/mol. The van der Waals surface area contributed by atoms with Crippen LogP contribution in [0.2, 0.25) is 5.02 Å². The van der Waals surface area contributed by atoms with Crippen LogP contribution in [0.1, 0.15) is 26.2 Å². The molecule has 0 radical (unpaired) electrons. The molecule has 1 saturated heterocycles. The molecule has 1 fully saturated rings. The van der Waals surface area contributed by atoms with Crippen molar-refractivity contribution in [2.75, 3.05) is 25.0 Å². The topological polar surface area (TPSA) is 102 Å². The number of carbonyl (C=O) groups excluding carboxylic acids is 2. The van der Waals surface area contributed by atoms with E-state index in [1.165, 1.54) is 29.4 Å². The summed E-state index contributed by atoms with van der Waals surface area (Å²) in [4.78, 5) is 24.4. The lowest BCUT2D eigenvalue weighted by molar-refractivity contribution is -0.153. The van der Waals surface area contributed by atoms with E-state index in [2.05, 4.69) is 5.32 Å². The second kappa shape index (κ2) is 10.8. The lowest BCUT2D eigenvalue weighted by Gasteiger charge is -2.26. The lowest BCUT2D eigenvalue weighted by atomic mass is 10.2. The van der Waals surface area contributed by atoms with Crippen LogP contribution in [-0.4, -0.2) is 50.4 Å². The third-order valence-electron chi connectivity index (χ3n) is 4.90. The van der Waals surface area contributed by atoms with E-state index in [4.69, 9.17) is 21.1 Å². The Morgan fingerprint density at radius 1 is 1.09 bits per heavy atom. The average Bonchev–Trinajstić information content (AvgIpc) is 2.80. The summed E-state index contributed by atoms with van der Waals surface area (Å²) >= 11 is 6.13. The zero-order valence-corrected chi connectivity index (χ0v) is 19.2. The van der Waals surface area contributed by atoms with E-state index in [0.29, 0.717) is 18.8 Å². The molecule has 172 valence electrons. The van der Waals surface area contributed by atoms with E-state index in [1.807, 2.05) is 6.07 Å². The van der Waals surface area contributed by atoms with Gasteiger partial charge in [-0.15, -0.1) is 0 Å². The summed E-state index contributed by atoms with van der Waals surface area (Å²) in [5.74, 6) is -0.865. The van der Waals surface area contributed by atoms with E-state index in [0.717, 1.165) is 19.3 Å². The van der Waals surface area contributed by atoms with Gasteiger partial charge in [-0.3, -0.25) is 4.79 Å². The number of sulfonamides is 1. The molecule has 1 heterocycles. The van der Waals surface area contributed by atoms with Gasteiger partial charge in [0.1, 0.15) is 5.75 Å². The predicted octanol–water partition coefficient (Wildman–Crippen LogP) is 3.46. The number of hydrogen-bond donors (Lipinski definition) is 1. The highest BCUT2D eigenvalue weighted by Gasteiger charge is 2.27. The SMILES string of the molecule is CC(Oc1ccccc1)C(=O)OCC(=O)Nc1cc(S(=O)(=O)N2CCCCC2)ccc1Cl. The van der Waals surface area contributed by atoms with Gasteiger partial charge in [0, 0.05) is 13.1 Å². The summed E-state index contributed by atoms with van der Waals surface area (Å²) < 4.78 is 37.6. The zero-order chi connectivity index (χ0) is 23.1. The third kappa shape index (κ3) is 6.21. The number of carbonyl (C=O) groups is 2. The van der Waals surface area contributed by atoms with Gasteiger partial charge in [-0.1, -0.05) is 36.2 Å². The van der Waals surface area contributed by atoms with Crippen molar-refractivity contribution in [2.24, 2.45) is 0 Å². The van der Waals surface area contributed by atoms with E-state index < -0.39 is 34.6 Å². The Labute approximate surface area is 192 Å². The smallest absolute Gasteiger partial charge is 0.347 e. The molecule has 1 atom stereocenters. The third-order valence-corrected chi connectivity index (χ3v) is 7.12. The number of anilines is 1. The largest absolute Gasteiger partial charge is 0.479 e. The first-order valence-corrected chi connectivity index (χ1v) is 12.1. The Morgan fingerprint density at radius 3 is 2.47 bits per heavy atom. The van der Waals surface area contributed by atoms with Crippen molar-refractivity contribution in [3.8, 4) is 5.75 Å². The van der Waals surface area contributed by atoms with Gasteiger partial charge in [0.05, 0.1) is 15.6 Å². The van der Waals surface area contributed by atoms with Crippen LogP contribution in [0.15, 0.2) is 53.4 Å². The van der Waals surface area contributed by atoms with Crippen LogP contribution in [0, 0.1) is 0 Å². The maximum Gasteiger partial charge on any atom is 0.347 e. The molecule has 0 saturated carbocycles. The number of nitrogens with one attached hydrogen (secondary N) is 1. The summed E-state index contributed by atoms with van der Waals surface area (Å²) in [5, 5.41) is 2.67. The molecule has 0 bridgehead atoms. The Hall–Kier alpha value is -2.62. The van der Waals surface area contributed by atoms with Gasteiger partial charge >= 0.3 is 5.97 Å². The number of amides is 1. The Morgan fingerprint density at radius 2 is 1.78 bits per heavy atom. The van der Waals surface area contributed by atoms with E-state index >= 15 is 0 Å². The van der Waals surface area contributed by atoms with Crippen molar-refractivity contribution in [1.82, 2.24) is 4.31 Å². The molecule has 1 N–H and O–H groups in total. The molecule has 8 nitrogen and oxygen atoms in total.